The Morgan fingerprint density at radius 3 is 1.69 bits per heavy atom. The first-order valence-electron chi connectivity index (χ1n) is 9.28. The Balaban J connectivity index is 1.81. The second-order valence-corrected chi connectivity index (χ2v) is 6.05. The Labute approximate surface area is 157 Å². The van der Waals surface area contributed by atoms with E-state index >= 15 is 0 Å². The molecule has 2 rings (SSSR count). The molecule has 138 valence electrons. The Kier molecular flexibility index (Phi) is 9.18. The van der Waals surface area contributed by atoms with Crippen molar-refractivity contribution in [2.24, 2.45) is 0 Å². The molecule has 0 radical (unpaired) electrons. The third-order valence-corrected chi connectivity index (χ3v) is 3.88. The SMILES string of the molecule is CCCCCCOc1ccc(C#Cc2ccc(OCCOC)cc2)cc1. The zero-order chi connectivity index (χ0) is 18.5. The summed E-state index contributed by atoms with van der Waals surface area (Å²) in [6.07, 6.45) is 4.87. The van der Waals surface area contributed by atoms with Gasteiger partial charge in [-0.15, -0.1) is 0 Å². The van der Waals surface area contributed by atoms with Gasteiger partial charge in [0.25, 0.3) is 0 Å². The van der Waals surface area contributed by atoms with Gasteiger partial charge in [0, 0.05) is 18.2 Å². The van der Waals surface area contributed by atoms with Crippen LogP contribution >= 0.6 is 0 Å². The molecule has 0 saturated heterocycles. The lowest BCUT2D eigenvalue weighted by atomic mass is 10.1. The molecule has 0 aliphatic rings. The van der Waals surface area contributed by atoms with Crippen molar-refractivity contribution in [3.8, 4) is 23.3 Å². The number of rotatable bonds is 10. The summed E-state index contributed by atoms with van der Waals surface area (Å²) in [5, 5.41) is 0. The van der Waals surface area contributed by atoms with E-state index in [2.05, 4.69) is 18.8 Å². The summed E-state index contributed by atoms with van der Waals surface area (Å²) in [5.41, 5.74) is 1.93. The summed E-state index contributed by atoms with van der Waals surface area (Å²) in [4.78, 5) is 0. The van der Waals surface area contributed by atoms with E-state index in [0.29, 0.717) is 13.2 Å². The summed E-state index contributed by atoms with van der Waals surface area (Å²) in [6.45, 7) is 4.13. The summed E-state index contributed by atoms with van der Waals surface area (Å²) in [6, 6.07) is 15.7. The van der Waals surface area contributed by atoms with Gasteiger partial charge in [-0.1, -0.05) is 38.0 Å². The molecule has 0 aromatic heterocycles. The fourth-order valence-electron chi connectivity index (χ4n) is 2.38. The summed E-state index contributed by atoms with van der Waals surface area (Å²) >= 11 is 0. The number of unbranched alkanes of at least 4 members (excludes halogenated alkanes) is 3. The van der Waals surface area contributed by atoms with E-state index in [4.69, 9.17) is 14.2 Å². The molecule has 0 amide bonds. The summed E-state index contributed by atoms with van der Waals surface area (Å²) in [7, 11) is 1.66. The number of ether oxygens (including phenoxy) is 3. The molecule has 0 fully saturated rings. The molecule has 0 spiro atoms. The molecule has 0 saturated carbocycles. The third kappa shape index (κ3) is 7.63. The molecule has 3 nitrogen and oxygen atoms in total. The first-order chi connectivity index (χ1) is 12.8. The topological polar surface area (TPSA) is 27.7 Å². The number of hydrogen-bond donors (Lipinski definition) is 0. The van der Waals surface area contributed by atoms with E-state index in [1.165, 1.54) is 19.3 Å². The largest absolute Gasteiger partial charge is 0.494 e. The highest BCUT2D eigenvalue weighted by molar-refractivity contribution is 5.45. The van der Waals surface area contributed by atoms with Crippen molar-refractivity contribution in [1.29, 1.82) is 0 Å². The van der Waals surface area contributed by atoms with E-state index < -0.39 is 0 Å². The molecule has 2 aromatic rings. The minimum Gasteiger partial charge on any atom is -0.494 e. The maximum atomic E-state index is 5.75. The van der Waals surface area contributed by atoms with Crippen molar-refractivity contribution in [3.63, 3.8) is 0 Å². The van der Waals surface area contributed by atoms with Crippen LogP contribution in [0.3, 0.4) is 0 Å². The standard InChI is InChI=1S/C23H28O3/c1-3-4-5-6-17-25-22-13-9-20(10-14-22)7-8-21-11-15-23(16-12-21)26-19-18-24-2/h9-16H,3-6,17-19H2,1-2H3. The minimum atomic E-state index is 0.550. The smallest absolute Gasteiger partial charge is 0.119 e. The molecule has 0 heterocycles. The van der Waals surface area contributed by atoms with Crippen LogP contribution in [-0.2, 0) is 4.74 Å². The van der Waals surface area contributed by atoms with Crippen molar-refractivity contribution < 1.29 is 14.2 Å². The molecule has 26 heavy (non-hydrogen) atoms. The van der Waals surface area contributed by atoms with Gasteiger partial charge in [-0.05, 0) is 55.0 Å². The highest BCUT2D eigenvalue weighted by Gasteiger charge is 1.96. The maximum Gasteiger partial charge on any atom is 0.119 e. The van der Waals surface area contributed by atoms with Gasteiger partial charge >= 0.3 is 0 Å². The summed E-state index contributed by atoms with van der Waals surface area (Å²) < 4.78 is 16.3. The van der Waals surface area contributed by atoms with Gasteiger partial charge in [-0.25, -0.2) is 0 Å². The van der Waals surface area contributed by atoms with Crippen molar-refractivity contribution in [2.45, 2.75) is 32.6 Å². The van der Waals surface area contributed by atoms with Crippen LogP contribution < -0.4 is 9.47 Å². The average molecular weight is 352 g/mol. The average Bonchev–Trinajstić information content (AvgIpc) is 2.68. The van der Waals surface area contributed by atoms with E-state index in [9.17, 15) is 0 Å². The predicted molar refractivity (Wildman–Crippen MR) is 106 cm³/mol. The molecular formula is C23H28O3. The van der Waals surface area contributed by atoms with Gasteiger partial charge in [0.05, 0.1) is 13.2 Å². The van der Waals surface area contributed by atoms with Crippen LogP contribution in [0.15, 0.2) is 48.5 Å². The summed E-state index contributed by atoms with van der Waals surface area (Å²) in [5.74, 6) is 8.08. The molecule has 0 aliphatic heterocycles. The van der Waals surface area contributed by atoms with Crippen LogP contribution in [0, 0.1) is 11.8 Å². The van der Waals surface area contributed by atoms with Crippen LogP contribution in [0.25, 0.3) is 0 Å². The predicted octanol–water partition coefficient (Wildman–Crippen LogP) is 5.07. The van der Waals surface area contributed by atoms with Crippen molar-refractivity contribution in [1.82, 2.24) is 0 Å². The first-order valence-corrected chi connectivity index (χ1v) is 9.28. The van der Waals surface area contributed by atoms with Gasteiger partial charge in [-0.2, -0.15) is 0 Å². The molecule has 0 aliphatic carbocycles. The highest BCUT2D eigenvalue weighted by Crippen LogP contribution is 2.14. The fraction of sp³-hybridized carbons (Fsp3) is 0.391. The van der Waals surface area contributed by atoms with Gasteiger partial charge in [-0.3, -0.25) is 0 Å². The van der Waals surface area contributed by atoms with Crippen LogP contribution in [-0.4, -0.2) is 26.9 Å². The van der Waals surface area contributed by atoms with Crippen molar-refractivity contribution in [3.05, 3.63) is 59.7 Å². The number of methoxy groups -OCH3 is 1. The Hall–Kier alpha value is -2.44. The molecule has 0 atom stereocenters. The lowest BCUT2D eigenvalue weighted by Crippen LogP contribution is -2.03. The van der Waals surface area contributed by atoms with Gasteiger partial charge < -0.3 is 14.2 Å². The lowest BCUT2D eigenvalue weighted by molar-refractivity contribution is 0.146. The van der Waals surface area contributed by atoms with Crippen LogP contribution in [0.2, 0.25) is 0 Å². The quantitative estimate of drug-likeness (QED) is 0.441. The maximum absolute atomic E-state index is 5.75. The Morgan fingerprint density at radius 1 is 0.654 bits per heavy atom. The zero-order valence-corrected chi connectivity index (χ0v) is 15.8. The fourth-order valence-corrected chi connectivity index (χ4v) is 2.38. The Bertz CT molecular complexity index is 678. The molecule has 0 N–H and O–H groups in total. The molecule has 0 unspecified atom stereocenters. The molecular weight excluding hydrogens is 324 g/mol. The van der Waals surface area contributed by atoms with E-state index in [0.717, 1.165) is 35.7 Å². The molecule has 3 heteroatoms. The van der Waals surface area contributed by atoms with Gasteiger partial charge in [0.2, 0.25) is 0 Å². The molecule has 0 bridgehead atoms. The van der Waals surface area contributed by atoms with E-state index in [1.54, 1.807) is 7.11 Å². The van der Waals surface area contributed by atoms with E-state index in [1.807, 2.05) is 48.5 Å². The molecule has 2 aromatic carbocycles. The van der Waals surface area contributed by atoms with E-state index in [-0.39, 0.29) is 0 Å². The first kappa shape index (κ1) is 19.9. The monoisotopic (exact) mass is 352 g/mol. The van der Waals surface area contributed by atoms with Crippen LogP contribution in [0.5, 0.6) is 11.5 Å². The van der Waals surface area contributed by atoms with Crippen LogP contribution in [0.1, 0.15) is 43.7 Å². The van der Waals surface area contributed by atoms with Crippen molar-refractivity contribution in [2.75, 3.05) is 26.9 Å². The van der Waals surface area contributed by atoms with Crippen molar-refractivity contribution >= 4 is 0 Å². The minimum absolute atomic E-state index is 0.550. The van der Waals surface area contributed by atoms with Gasteiger partial charge in [0.1, 0.15) is 18.1 Å². The highest BCUT2D eigenvalue weighted by atomic mass is 16.5. The zero-order valence-electron chi connectivity index (χ0n) is 15.8. The number of hydrogen-bond acceptors (Lipinski definition) is 3. The second kappa shape index (κ2) is 12.0. The third-order valence-electron chi connectivity index (χ3n) is 3.88. The second-order valence-electron chi connectivity index (χ2n) is 6.05. The normalized spacial score (nSPS) is 10.1. The Morgan fingerprint density at radius 2 is 1.19 bits per heavy atom. The van der Waals surface area contributed by atoms with Crippen LogP contribution in [0.4, 0.5) is 0 Å². The lowest BCUT2D eigenvalue weighted by Gasteiger charge is -2.05. The van der Waals surface area contributed by atoms with Gasteiger partial charge in [0.15, 0.2) is 0 Å². The number of benzene rings is 2.